The van der Waals surface area contributed by atoms with E-state index in [0.717, 1.165) is 25.0 Å². The molecule has 1 aromatic carbocycles. The zero-order valence-corrected chi connectivity index (χ0v) is 12.4. The summed E-state index contributed by atoms with van der Waals surface area (Å²) in [5.74, 6) is -1.17. The van der Waals surface area contributed by atoms with E-state index >= 15 is 0 Å². The molecule has 116 valence electrons. The molecule has 0 radical (unpaired) electrons. The summed E-state index contributed by atoms with van der Waals surface area (Å²) >= 11 is 0. The lowest BCUT2D eigenvalue weighted by atomic mass is 10.0. The predicted molar refractivity (Wildman–Crippen MR) is 80.1 cm³/mol. The fourth-order valence-corrected chi connectivity index (χ4v) is 3.11. The van der Waals surface area contributed by atoms with Gasteiger partial charge in [-0.05, 0) is 38.0 Å². The number of carbonyl (C=O) groups is 2. The maximum atomic E-state index is 12.7. The minimum absolute atomic E-state index is 0.00202. The molecule has 6 heteroatoms. The molecule has 2 heterocycles. The van der Waals surface area contributed by atoms with Crippen molar-refractivity contribution in [1.82, 2.24) is 4.90 Å². The standard InChI is InChI=1S/C16H18N2O4/c1-10-8-14(22-17-10)13-6-3-7-18(13)15(19)11-4-2-5-12(9-11)16(20)21/h2,4-5,9,13-14H,3,6-8H2,1H3,(H,20,21). The highest BCUT2D eigenvalue weighted by Gasteiger charge is 2.38. The van der Waals surface area contributed by atoms with Crippen molar-refractivity contribution in [3.8, 4) is 0 Å². The van der Waals surface area contributed by atoms with Crippen LogP contribution >= 0.6 is 0 Å². The van der Waals surface area contributed by atoms with E-state index in [-0.39, 0.29) is 23.6 Å². The highest BCUT2D eigenvalue weighted by atomic mass is 16.6. The minimum Gasteiger partial charge on any atom is -0.478 e. The SMILES string of the molecule is CC1=NOC(C2CCCN2C(=O)c2cccc(C(=O)O)c2)C1. The molecular formula is C16H18N2O4. The summed E-state index contributed by atoms with van der Waals surface area (Å²) in [4.78, 5) is 31.0. The summed E-state index contributed by atoms with van der Waals surface area (Å²) in [7, 11) is 0. The molecule has 0 spiro atoms. The number of likely N-dealkylation sites (tertiary alicyclic amines) is 1. The van der Waals surface area contributed by atoms with E-state index in [2.05, 4.69) is 5.16 Å². The van der Waals surface area contributed by atoms with Crippen LogP contribution < -0.4 is 0 Å². The molecule has 2 unspecified atom stereocenters. The summed E-state index contributed by atoms with van der Waals surface area (Å²) < 4.78 is 0. The highest BCUT2D eigenvalue weighted by molar-refractivity contribution is 5.97. The number of amides is 1. The predicted octanol–water partition coefficient (Wildman–Crippen LogP) is 2.15. The molecule has 22 heavy (non-hydrogen) atoms. The van der Waals surface area contributed by atoms with Crippen LogP contribution in [0.5, 0.6) is 0 Å². The van der Waals surface area contributed by atoms with Gasteiger partial charge in [-0.3, -0.25) is 4.79 Å². The van der Waals surface area contributed by atoms with Crippen LogP contribution in [-0.4, -0.2) is 46.3 Å². The van der Waals surface area contributed by atoms with Gasteiger partial charge in [0, 0.05) is 18.5 Å². The molecule has 1 N–H and O–H groups in total. The van der Waals surface area contributed by atoms with Gasteiger partial charge in [0.2, 0.25) is 0 Å². The quantitative estimate of drug-likeness (QED) is 0.928. The average molecular weight is 302 g/mol. The van der Waals surface area contributed by atoms with Gasteiger partial charge in [0.15, 0.2) is 6.10 Å². The fourth-order valence-electron chi connectivity index (χ4n) is 3.11. The molecule has 1 aromatic rings. The van der Waals surface area contributed by atoms with Gasteiger partial charge in [-0.1, -0.05) is 11.2 Å². The van der Waals surface area contributed by atoms with Crippen molar-refractivity contribution < 1.29 is 19.5 Å². The number of carboxylic acids is 1. The van der Waals surface area contributed by atoms with Crippen molar-refractivity contribution in [3.05, 3.63) is 35.4 Å². The third-order valence-electron chi connectivity index (χ3n) is 4.19. The first-order valence-corrected chi connectivity index (χ1v) is 7.40. The largest absolute Gasteiger partial charge is 0.478 e. The van der Waals surface area contributed by atoms with Gasteiger partial charge >= 0.3 is 5.97 Å². The maximum Gasteiger partial charge on any atom is 0.335 e. The molecule has 6 nitrogen and oxygen atoms in total. The molecule has 0 aliphatic carbocycles. The van der Waals surface area contributed by atoms with E-state index in [9.17, 15) is 9.59 Å². The van der Waals surface area contributed by atoms with E-state index < -0.39 is 5.97 Å². The third kappa shape index (κ3) is 2.68. The number of oxime groups is 1. The summed E-state index contributed by atoms with van der Waals surface area (Å²) in [6, 6.07) is 6.17. The summed E-state index contributed by atoms with van der Waals surface area (Å²) in [6.45, 7) is 2.58. The van der Waals surface area contributed by atoms with Crippen molar-refractivity contribution in [2.75, 3.05) is 6.54 Å². The molecule has 1 saturated heterocycles. The lowest BCUT2D eigenvalue weighted by Crippen LogP contribution is -2.42. The molecule has 0 aromatic heterocycles. The monoisotopic (exact) mass is 302 g/mol. The number of nitrogens with zero attached hydrogens (tertiary/aromatic N) is 2. The van der Waals surface area contributed by atoms with Crippen LogP contribution in [0.25, 0.3) is 0 Å². The van der Waals surface area contributed by atoms with Crippen LogP contribution in [0.15, 0.2) is 29.4 Å². The van der Waals surface area contributed by atoms with E-state index in [1.807, 2.05) is 6.92 Å². The van der Waals surface area contributed by atoms with E-state index in [0.29, 0.717) is 12.1 Å². The number of aromatic carboxylic acids is 1. The Balaban J connectivity index is 1.79. The van der Waals surface area contributed by atoms with Gasteiger partial charge in [0.1, 0.15) is 0 Å². The Morgan fingerprint density at radius 1 is 1.36 bits per heavy atom. The topological polar surface area (TPSA) is 79.2 Å². The number of rotatable bonds is 3. The molecule has 3 rings (SSSR count). The van der Waals surface area contributed by atoms with Crippen LogP contribution in [0.4, 0.5) is 0 Å². The molecule has 1 fully saturated rings. The molecule has 0 saturated carbocycles. The van der Waals surface area contributed by atoms with Crippen molar-refractivity contribution >= 4 is 17.6 Å². The van der Waals surface area contributed by atoms with E-state index in [1.54, 1.807) is 17.0 Å². The zero-order valence-electron chi connectivity index (χ0n) is 12.4. The Kier molecular flexibility index (Phi) is 3.83. The Hall–Kier alpha value is -2.37. The summed E-state index contributed by atoms with van der Waals surface area (Å²) in [5, 5.41) is 13.0. The van der Waals surface area contributed by atoms with E-state index in [4.69, 9.17) is 9.94 Å². The Morgan fingerprint density at radius 3 is 2.82 bits per heavy atom. The van der Waals surface area contributed by atoms with E-state index in [1.165, 1.54) is 12.1 Å². The number of hydrogen-bond donors (Lipinski definition) is 1. The normalized spacial score (nSPS) is 24.0. The summed E-state index contributed by atoms with van der Waals surface area (Å²) in [5.41, 5.74) is 1.47. The van der Waals surface area contributed by atoms with Crippen molar-refractivity contribution in [1.29, 1.82) is 0 Å². The first-order valence-electron chi connectivity index (χ1n) is 7.40. The molecule has 0 bridgehead atoms. The number of benzene rings is 1. The van der Waals surface area contributed by atoms with Gasteiger partial charge in [-0.25, -0.2) is 4.79 Å². The molecule has 2 aliphatic heterocycles. The molecule has 2 atom stereocenters. The van der Waals surface area contributed by atoms with Crippen LogP contribution in [0.2, 0.25) is 0 Å². The van der Waals surface area contributed by atoms with Crippen LogP contribution in [0.3, 0.4) is 0 Å². The first-order chi connectivity index (χ1) is 10.6. The Morgan fingerprint density at radius 2 is 2.14 bits per heavy atom. The second-order valence-corrected chi connectivity index (χ2v) is 5.77. The Bertz CT molecular complexity index is 641. The Labute approximate surface area is 128 Å². The average Bonchev–Trinajstić information content (AvgIpc) is 3.15. The van der Waals surface area contributed by atoms with Crippen molar-refractivity contribution in [2.24, 2.45) is 5.16 Å². The van der Waals surface area contributed by atoms with Gasteiger partial charge in [0.25, 0.3) is 5.91 Å². The molecular weight excluding hydrogens is 284 g/mol. The second kappa shape index (κ2) is 5.79. The van der Waals surface area contributed by atoms with Gasteiger partial charge < -0.3 is 14.8 Å². The lowest BCUT2D eigenvalue weighted by molar-refractivity contribution is 0.0207. The summed E-state index contributed by atoms with van der Waals surface area (Å²) in [6.07, 6.45) is 2.46. The van der Waals surface area contributed by atoms with Crippen LogP contribution in [-0.2, 0) is 4.84 Å². The smallest absolute Gasteiger partial charge is 0.335 e. The van der Waals surface area contributed by atoms with Crippen LogP contribution in [0.1, 0.15) is 46.9 Å². The van der Waals surface area contributed by atoms with Crippen molar-refractivity contribution in [2.45, 2.75) is 38.3 Å². The van der Waals surface area contributed by atoms with Gasteiger partial charge in [0.05, 0.1) is 17.3 Å². The number of carboxylic acid groups (broad SMARTS) is 1. The van der Waals surface area contributed by atoms with Gasteiger partial charge in [-0.15, -0.1) is 0 Å². The molecule has 2 aliphatic rings. The first kappa shape index (κ1) is 14.6. The van der Waals surface area contributed by atoms with Crippen LogP contribution in [0, 0.1) is 0 Å². The highest BCUT2D eigenvalue weighted by Crippen LogP contribution is 2.28. The van der Waals surface area contributed by atoms with Gasteiger partial charge in [-0.2, -0.15) is 0 Å². The number of hydrogen-bond acceptors (Lipinski definition) is 4. The van der Waals surface area contributed by atoms with Crippen molar-refractivity contribution in [3.63, 3.8) is 0 Å². The molecule has 1 amide bonds. The third-order valence-corrected chi connectivity index (χ3v) is 4.19. The lowest BCUT2D eigenvalue weighted by Gasteiger charge is -2.28. The maximum absolute atomic E-state index is 12.7. The second-order valence-electron chi connectivity index (χ2n) is 5.77. The minimum atomic E-state index is -1.03. The number of carbonyl (C=O) groups excluding carboxylic acids is 1. The zero-order chi connectivity index (χ0) is 15.7. The fraction of sp³-hybridized carbons (Fsp3) is 0.438.